The predicted molar refractivity (Wildman–Crippen MR) is 97.3 cm³/mol. The number of methoxy groups -OCH3 is 2. The van der Waals surface area contributed by atoms with E-state index in [1.165, 1.54) is 17.5 Å². The molecule has 0 aliphatic rings. The van der Waals surface area contributed by atoms with Gasteiger partial charge in [0.2, 0.25) is 0 Å². The molecule has 2 heterocycles. The van der Waals surface area contributed by atoms with Crippen LogP contribution in [0.15, 0.2) is 23.7 Å². The highest BCUT2D eigenvalue weighted by atomic mass is 32.1. The summed E-state index contributed by atoms with van der Waals surface area (Å²) >= 11 is 1.39. The first-order valence-corrected chi connectivity index (χ1v) is 8.61. The summed E-state index contributed by atoms with van der Waals surface area (Å²) in [4.78, 5) is 16.0. The van der Waals surface area contributed by atoms with Crippen molar-refractivity contribution in [2.75, 3.05) is 14.2 Å². The first-order valence-electron chi connectivity index (χ1n) is 7.73. The van der Waals surface area contributed by atoms with Gasteiger partial charge in [0.1, 0.15) is 0 Å². The monoisotopic (exact) mass is 360 g/mol. The zero-order valence-electron chi connectivity index (χ0n) is 14.8. The van der Waals surface area contributed by atoms with E-state index in [4.69, 9.17) is 9.47 Å². The molecular formula is C18H20N2O4S. The number of rotatable bonds is 4. The second-order valence-corrected chi connectivity index (χ2v) is 7.55. The Morgan fingerprint density at radius 2 is 1.96 bits per heavy atom. The smallest absolute Gasteiger partial charge is 0.356 e. The molecule has 3 aromatic rings. The molecule has 0 bridgehead atoms. The summed E-state index contributed by atoms with van der Waals surface area (Å²) in [6.45, 7) is 6.38. The topological polar surface area (TPSA) is 73.1 Å². The highest BCUT2D eigenvalue weighted by Crippen LogP contribution is 2.43. The van der Waals surface area contributed by atoms with E-state index in [9.17, 15) is 9.90 Å². The van der Waals surface area contributed by atoms with Crippen molar-refractivity contribution in [3.8, 4) is 22.8 Å². The van der Waals surface area contributed by atoms with Crippen LogP contribution in [-0.4, -0.2) is 34.7 Å². The average Bonchev–Trinajstić information content (AvgIpc) is 3.12. The molecule has 0 unspecified atom stereocenters. The molecule has 0 saturated carbocycles. The number of fused-ring (bicyclic) bond motifs is 1. The molecule has 0 aliphatic heterocycles. The van der Waals surface area contributed by atoms with Crippen molar-refractivity contribution in [1.82, 2.24) is 9.38 Å². The van der Waals surface area contributed by atoms with Gasteiger partial charge in [-0.3, -0.25) is 4.40 Å². The van der Waals surface area contributed by atoms with Crippen LogP contribution in [0.5, 0.6) is 11.5 Å². The Kier molecular flexibility index (Phi) is 4.20. The van der Waals surface area contributed by atoms with Crippen molar-refractivity contribution in [3.63, 3.8) is 0 Å². The van der Waals surface area contributed by atoms with Gasteiger partial charge in [0, 0.05) is 17.1 Å². The first kappa shape index (κ1) is 17.3. The van der Waals surface area contributed by atoms with Crippen molar-refractivity contribution in [3.05, 3.63) is 35.0 Å². The van der Waals surface area contributed by atoms with Gasteiger partial charge in [0.15, 0.2) is 22.2 Å². The van der Waals surface area contributed by atoms with E-state index in [2.05, 4.69) is 31.8 Å². The van der Waals surface area contributed by atoms with Crippen LogP contribution in [0.1, 0.15) is 36.8 Å². The number of aromatic carboxylic acids is 1. The summed E-state index contributed by atoms with van der Waals surface area (Å²) in [7, 11) is 3.20. The van der Waals surface area contributed by atoms with Crippen molar-refractivity contribution < 1.29 is 19.4 Å². The van der Waals surface area contributed by atoms with Gasteiger partial charge in [-0.2, -0.15) is 0 Å². The molecule has 1 aromatic carbocycles. The highest BCUT2D eigenvalue weighted by Gasteiger charge is 2.23. The van der Waals surface area contributed by atoms with E-state index in [1.54, 1.807) is 18.6 Å². The lowest BCUT2D eigenvalue weighted by Crippen LogP contribution is -2.12. The molecule has 0 saturated heterocycles. The zero-order valence-corrected chi connectivity index (χ0v) is 15.6. The molecule has 25 heavy (non-hydrogen) atoms. The minimum absolute atomic E-state index is 0.0195. The molecule has 2 aromatic heterocycles. The molecule has 6 nitrogen and oxygen atoms in total. The van der Waals surface area contributed by atoms with Gasteiger partial charge in [0.25, 0.3) is 0 Å². The normalized spacial score (nSPS) is 11.7. The van der Waals surface area contributed by atoms with Crippen molar-refractivity contribution in [2.24, 2.45) is 0 Å². The molecule has 1 N–H and O–H groups in total. The van der Waals surface area contributed by atoms with Crippen molar-refractivity contribution in [1.29, 1.82) is 0 Å². The number of ether oxygens (including phenoxy) is 2. The zero-order chi connectivity index (χ0) is 18.4. The quantitative estimate of drug-likeness (QED) is 0.759. The van der Waals surface area contributed by atoms with E-state index < -0.39 is 5.97 Å². The summed E-state index contributed by atoms with van der Waals surface area (Å²) in [5.74, 6) is 0.207. The van der Waals surface area contributed by atoms with Crippen LogP contribution in [0.4, 0.5) is 0 Å². The van der Waals surface area contributed by atoms with Crippen molar-refractivity contribution >= 4 is 22.3 Å². The van der Waals surface area contributed by atoms with E-state index in [-0.39, 0.29) is 11.1 Å². The lowest BCUT2D eigenvalue weighted by molar-refractivity contribution is 0.0691. The molecule has 0 radical (unpaired) electrons. The Bertz CT molecular complexity index is 950. The van der Waals surface area contributed by atoms with Gasteiger partial charge >= 0.3 is 5.97 Å². The number of nitrogens with zero attached hydrogens (tertiary/aromatic N) is 2. The number of imidazole rings is 1. The minimum atomic E-state index is -1.05. The van der Waals surface area contributed by atoms with Crippen LogP contribution in [0.3, 0.4) is 0 Å². The van der Waals surface area contributed by atoms with Crippen molar-refractivity contribution in [2.45, 2.75) is 26.2 Å². The molecule has 0 amide bonds. The molecule has 0 fully saturated rings. The molecule has 0 aliphatic carbocycles. The lowest BCUT2D eigenvalue weighted by atomic mass is 9.85. The predicted octanol–water partition coefficient (Wildman–Crippen LogP) is 4.08. The van der Waals surface area contributed by atoms with Crippen LogP contribution >= 0.6 is 11.3 Å². The molecular weight excluding hydrogens is 340 g/mol. The number of hydrogen-bond acceptors (Lipinski definition) is 5. The molecule has 7 heteroatoms. The summed E-state index contributed by atoms with van der Waals surface area (Å²) in [6, 6.07) is 4.03. The van der Waals surface area contributed by atoms with Gasteiger partial charge in [0.05, 0.1) is 19.9 Å². The Labute approximate surface area is 149 Å². The second-order valence-electron chi connectivity index (χ2n) is 6.71. The van der Waals surface area contributed by atoms with Gasteiger partial charge in [-0.15, -0.1) is 11.3 Å². The third-order valence-electron chi connectivity index (χ3n) is 4.05. The summed E-state index contributed by atoms with van der Waals surface area (Å²) in [5, 5.41) is 11.1. The van der Waals surface area contributed by atoms with Gasteiger partial charge in [-0.05, 0) is 23.1 Å². The van der Waals surface area contributed by atoms with Crippen LogP contribution in [0, 0.1) is 0 Å². The number of benzene rings is 1. The Morgan fingerprint density at radius 1 is 1.24 bits per heavy atom. The molecule has 3 rings (SSSR count). The largest absolute Gasteiger partial charge is 0.493 e. The van der Waals surface area contributed by atoms with Crippen LogP contribution in [0.2, 0.25) is 0 Å². The number of carboxylic acids is 1. The van der Waals surface area contributed by atoms with E-state index >= 15 is 0 Å². The fourth-order valence-corrected chi connectivity index (χ4v) is 3.54. The summed E-state index contributed by atoms with van der Waals surface area (Å²) < 4.78 is 12.9. The van der Waals surface area contributed by atoms with E-state index in [0.717, 1.165) is 16.8 Å². The van der Waals surface area contributed by atoms with Gasteiger partial charge < -0.3 is 14.6 Å². The van der Waals surface area contributed by atoms with Crippen LogP contribution in [0.25, 0.3) is 16.2 Å². The highest BCUT2D eigenvalue weighted by molar-refractivity contribution is 7.15. The van der Waals surface area contributed by atoms with Crippen LogP contribution in [-0.2, 0) is 5.41 Å². The number of carbonyl (C=O) groups is 1. The number of carboxylic acid groups (broad SMARTS) is 1. The molecule has 0 spiro atoms. The lowest BCUT2D eigenvalue weighted by Gasteiger charge is -2.23. The standard InChI is InChI=1S/C18H20N2O4S/c1-18(2,3)10-6-11(15(24-5)14(7-10)23-4)13-9-25-17-19-12(16(21)22)8-20(13)17/h6-9H,1-5H3,(H,21,22). The maximum atomic E-state index is 11.2. The maximum Gasteiger partial charge on any atom is 0.356 e. The fraction of sp³-hybridized carbons (Fsp3) is 0.333. The Hall–Kier alpha value is -2.54. The summed E-state index contributed by atoms with van der Waals surface area (Å²) in [5.41, 5.74) is 2.70. The first-order chi connectivity index (χ1) is 11.8. The number of aromatic nitrogens is 2. The molecule has 132 valence electrons. The number of thiazole rings is 1. The van der Waals surface area contributed by atoms with Gasteiger partial charge in [-0.25, -0.2) is 9.78 Å². The van der Waals surface area contributed by atoms with Gasteiger partial charge in [-0.1, -0.05) is 20.8 Å². The second kappa shape index (κ2) is 6.07. The summed E-state index contributed by atoms with van der Waals surface area (Å²) in [6.07, 6.45) is 1.53. The Morgan fingerprint density at radius 3 is 2.52 bits per heavy atom. The average molecular weight is 360 g/mol. The van der Waals surface area contributed by atoms with E-state index in [1.807, 2.05) is 11.4 Å². The van der Waals surface area contributed by atoms with E-state index in [0.29, 0.717) is 16.5 Å². The number of hydrogen-bond donors (Lipinski definition) is 1. The fourth-order valence-electron chi connectivity index (χ4n) is 2.67. The third kappa shape index (κ3) is 2.95. The molecule has 0 atom stereocenters. The third-order valence-corrected chi connectivity index (χ3v) is 4.89. The minimum Gasteiger partial charge on any atom is -0.493 e. The van der Waals surface area contributed by atoms with Crippen LogP contribution < -0.4 is 9.47 Å². The maximum absolute atomic E-state index is 11.2. The Balaban J connectivity index is 2.30. The SMILES string of the molecule is COc1cc(C(C)(C)C)cc(-c2csc3nc(C(=O)O)cn23)c1OC.